The zero-order chi connectivity index (χ0) is 17.0. The van der Waals surface area contributed by atoms with Crippen LogP contribution in [0.2, 0.25) is 0 Å². The monoisotopic (exact) mass is 336 g/mol. The summed E-state index contributed by atoms with van der Waals surface area (Å²) in [5.74, 6) is 0.207. The minimum atomic E-state index is -0.242. The highest BCUT2D eigenvalue weighted by Crippen LogP contribution is 2.14. The third-order valence-electron chi connectivity index (χ3n) is 2.83. The molecule has 0 saturated heterocycles. The van der Waals surface area contributed by atoms with Crippen LogP contribution in [0.15, 0.2) is 11.2 Å². The standard InChI is InChI=1S/C14H20N6O2S/c1-8(2)16-11(21)6-15-12(22)7-23-14-18-13-17-9(3)5-10(4)20(13)19-14/h5,8H,6-7H2,1-4H3,(H,15,22)(H,16,21). The minimum Gasteiger partial charge on any atom is -0.352 e. The SMILES string of the molecule is Cc1cc(C)n2nc(SCC(=O)NCC(=O)NC(C)C)nc2n1. The molecule has 0 bridgehead atoms. The summed E-state index contributed by atoms with van der Waals surface area (Å²) in [6.45, 7) is 7.51. The molecular weight excluding hydrogens is 316 g/mol. The van der Waals surface area contributed by atoms with Gasteiger partial charge in [-0.3, -0.25) is 9.59 Å². The molecule has 2 N–H and O–H groups in total. The molecule has 0 aliphatic heterocycles. The normalized spacial score (nSPS) is 11.0. The Labute approximate surface area is 138 Å². The lowest BCUT2D eigenvalue weighted by atomic mass is 10.4. The van der Waals surface area contributed by atoms with Crippen molar-refractivity contribution < 1.29 is 9.59 Å². The number of aryl methyl sites for hydroxylation is 2. The van der Waals surface area contributed by atoms with Gasteiger partial charge in [-0.1, -0.05) is 11.8 Å². The quantitative estimate of drug-likeness (QED) is 0.744. The maximum Gasteiger partial charge on any atom is 0.253 e. The van der Waals surface area contributed by atoms with E-state index in [1.165, 1.54) is 11.8 Å². The van der Waals surface area contributed by atoms with E-state index in [0.29, 0.717) is 10.9 Å². The van der Waals surface area contributed by atoms with E-state index in [1.54, 1.807) is 4.52 Å². The van der Waals surface area contributed by atoms with E-state index in [2.05, 4.69) is 25.7 Å². The largest absolute Gasteiger partial charge is 0.352 e. The van der Waals surface area contributed by atoms with Crippen molar-refractivity contribution in [2.24, 2.45) is 0 Å². The van der Waals surface area contributed by atoms with Crippen LogP contribution in [0, 0.1) is 13.8 Å². The van der Waals surface area contributed by atoms with E-state index in [0.717, 1.165) is 11.4 Å². The molecule has 0 radical (unpaired) electrons. The number of aromatic nitrogens is 4. The van der Waals surface area contributed by atoms with Crippen molar-refractivity contribution in [2.75, 3.05) is 12.3 Å². The van der Waals surface area contributed by atoms with Crippen LogP contribution in [-0.2, 0) is 9.59 Å². The molecular formula is C14H20N6O2S. The summed E-state index contributed by atoms with van der Waals surface area (Å²) in [7, 11) is 0. The topological polar surface area (TPSA) is 101 Å². The summed E-state index contributed by atoms with van der Waals surface area (Å²) < 4.78 is 1.64. The Morgan fingerprint density at radius 1 is 1.26 bits per heavy atom. The van der Waals surface area contributed by atoms with Gasteiger partial charge in [-0.2, -0.15) is 4.98 Å². The molecule has 2 heterocycles. The van der Waals surface area contributed by atoms with Gasteiger partial charge in [0.25, 0.3) is 5.78 Å². The molecule has 2 aromatic heterocycles. The zero-order valence-corrected chi connectivity index (χ0v) is 14.4. The highest BCUT2D eigenvalue weighted by atomic mass is 32.2. The van der Waals surface area contributed by atoms with E-state index >= 15 is 0 Å². The molecule has 0 saturated carbocycles. The smallest absolute Gasteiger partial charge is 0.253 e. The van der Waals surface area contributed by atoms with Crippen molar-refractivity contribution in [2.45, 2.75) is 38.9 Å². The molecule has 2 rings (SSSR count). The summed E-state index contributed by atoms with van der Waals surface area (Å²) in [6.07, 6.45) is 0. The number of hydrogen-bond acceptors (Lipinski definition) is 6. The van der Waals surface area contributed by atoms with E-state index < -0.39 is 0 Å². The van der Waals surface area contributed by atoms with E-state index in [4.69, 9.17) is 0 Å². The summed E-state index contributed by atoms with van der Waals surface area (Å²) in [6, 6.07) is 1.96. The van der Waals surface area contributed by atoms with Crippen LogP contribution in [0.3, 0.4) is 0 Å². The number of rotatable bonds is 6. The fourth-order valence-corrected chi connectivity index (χ4v) is 2.59. The molecule has 0 atom stereocenters. The summed E-state index contributed by atoms with van der Waals surface area (Å²) >= 11 is 1.21. The molecule has 0 fully saturated rings. The highest BCUT2D eigenvalue weighted by Gasteiger charge is 2.11. The van der Waals surface area contributed by atoms with Crippen molar-refractivity contribution >= 4 is 29.4 Å². The van der Waals surface area contributed by atoms with Crippen LogP contribution in [0.5, 0.6) is 0 Å². The lowest BCUT2D eigenvalue weighted by Crippen LogP contribution is -2.40. The van der Waals surface area contributed by atoms with Crippen LogP contribution >= 0.6 is 11.8 Å². The van der Waals surface area contributed by atoms with Crippen molar-refractivity contribution in [3.8, 4) is 0 Å². The Kier molecular flexibility index (Phi) is 5.54. The molecule has 9 heteroatoms. The lowest BCUT2D eigenvalue weighted by molar-refractivity contribution is -0.125. The van der Waals surface area contributed by atoms with Gasteiger partial charge in [-0.25, -0.2) is 9.50 Å². The van der Waals surface area contributed by atoms with Crippen LogP contribution in [0.25, 0.3) is 5.78 Å². The molecule has 0 spiro atoms. The number of amides is 2. The van der Waals surface area contributed by atoms with Gasteiger partial charge in [0.05, 0.1) is 12.3 Å². The van der Waals surface area contributed by atoms with E-state index in [1.807, 2.05) is 33.8 Å². The summed E-state index contributed by atoms with van der Waals surface area (Å²) in [5, 5.41) is 10.1. The number of hydrogen-bond donors (Lipinski definition) is 2. The van der Waals surface area contributed by atoms with Crippen molar-refractivity contribution in [1.82, 2.24) is 30.2 Å². The first-order valence-electron chi connectivity index (χ1n) is 7.25. The Bertz CT molecular complexity index is 727. The minimum absolute atomic E-state index is 0.0317. The molecule has 8 nitrogen and oxygen atoms in total. The van der Waals surface area contributed by atoms with Gasteiger partial charge in [0.15, 0.2) is 0 Å². The maximum absolute atomic E-state index is 11.8. The Hall–Kier alpha value is -2.16. The molecule has 124 valence electrons. The first-order valence-corrected chi connectivity index (χ1v) is 8.23. The Morgan fingerprint density at radius 3 is 2.70 bits per heavy atom. The summed E-state index contributed by atoms with van der Waals surface area (Å²) in [4.78, 5) is 31.8. The second kappa shape index (κ2) is 7.40. The molecule has 0 aliphatic rings. The van der Waals surface area contributed by atoms with Gasteiger partial charge < -0.3 is 10.6 Å². The van der Waals surface area contributed by atoms with E-state index in [-0.39, 0.29) is 30.2 Å². The van der Waals surface area contributed by atoms with Crippen molar-refractivity contribution in [3.63, 3.8) is 0 Å². The Morgan fingerprint density at radius 2 is 2.00 bits per heavy atom. The first kappa shape index (κ1) is 17.2. The number of thioether (sulfide) groups is 1. The predicted molar refractivity (Wildman–Crippen MR) is 87.3 cm³/mol. The average molecular weight is 336 g/mol. The molecule has 23 heavy (non-hydrogen) atoms. The molecule has 2 amide bonds. The number of carbonyl (C=O) groups excluding carboxylic acids is 2. The average Bonchev–Trinajstić information content (AvgIpc) is 2.85. The van der Waals surface area contributed by atoms with Gasteiger partial charge in [-0.15, -0.1) is 5.10 Å². The number of nitrogens with one attached hydrogen (secondary N) is 2. The summed E-state index contributed by atoms with van der Waals surface area (Å²) in [5.41, 5.74) is 1.80. The van der Waals surface area contributed by atoms with Crippen molar-refractivity contribution in [1.29, 1.82) is 0 Å². The fourth-order valence-electron chi connectivity index (χ4n) is 1.94. The van der Waals surface area contributed by atoms with Crippen LogP contribution in [0.4, 0.5) is 0 Å². The van der Waals surface area contributed by atoms with Crippen LogP contribution in [0.1, 0.15) is 25.2 Å². The fraction of sp³-hybridized carbons (Fsp3) is 0.500. The third-order valence-corrected chi connectivity index (χ3v) is 3.66. The zero-order valence-electron chi connectivity index (χ0n) is 13.6. The second-order valence-electron chi connectivity index (χ2n) is 5.43. The first-order chi connectivity index (χ1) is 10.8. The van der Waals surface area contributed by atoms with Gasteiger partial charge in [0.2, 0.25) is 17.0 Å². The number of fused-ring (bicyclic) bond motifs is 1. The van der Waals surface area contributed by atoms with Crippen LogP contribution < -0.4 is 10.6 Å². The van der Waals surface area contributed by atoms with Crippen molar-refractivity contribution in [3.05, 3.63) is 17.5 Å². The number of nitrogens with zero attached hydrogens (tertiary/aromatic N) is 4. The predicted octanol–water partition coefficient (Wildman–Crippen LogP) is 0.474. The molecule has 0 unspecified atom stereocenters. The number of carbonyl (C=O) groups is 2. The van der Waals surface area contributed by atoms with Gasteiger partial charge >= 0.3 is 0 Å². The Balaban J connectivity index is 1.87. The lowest BCUT2D eigenvalue weighted by Gasteiger charge is -2.08. The molecule has 2 aromatic rings. The van der Waals surface area contributed by atoms with Crippen LogP contribution in [-0.4, -0.2) is 49.7 Å². The van der Waals surface area contributed by atoms with E-state index in [9.17, 15) is 9.59 Å². The second-order valence-corrected chi connectivity index (χ2v) is 6.38. The molecule has 0 aromatic carbocycles. The van der Waals surface area contributed by atoms with Gasteiger partial charge in [-0.05, 0) is 33.8 Å². The van der Waals surface area contributed by atoms with Gasteiger partial charge in [0.1, 0.15) is 0 Å². The highest BCUT2D eigenvalue weighted by molar-refractivity contribution is 7.99. The van der Waals surface area contributed by atoms with Gasteiger partial charge in [0, 0.05) is 17.4 Å². The maximum atomic E-state index is 11.8. The third kappa shape index (κ3) is 4.92. The molecule has 0 aliphatic carbocycles.